The summed E-state index contributed by atoms with van der Waals surface area (Å²) in [5.74, 6) is 0.462. The van der Waals surface area contributed by atoms with Crippen LogP contribution >= 0.6 is 24.0 Å². The van der Waals surface area contributed by atoms with Crippen molar-refractivity contribution >= 4 is 35.8 Å². The van der Waals surface area contributed by atoms with Crippen LogP contribution in [0.4, 0.5) is 0 Å². The fraction of sp³-hybridized carbons (Fsp3) is 0.391. The second-order valence-corrected chi connectivity index (χ2v) is 7.40. The lowest BCUT2D eigenvalue weighted by atomic mass is 10.00. The highest BCUT2D eigenvalue weighted by atomic mass is 127. The molecule has 6 nitrogen and oxygen atoms in total. The van der Waals surface area contributed by atoms with E-state index in [2.05, 4.69) is 49.2 Å². The van der Waals surface area contributed by atoms with Crippen molar-refractivity contribution in [3.63, 3.8) is 0 Å². The minimum Gasteiger partial charge on any atom is -0.370 e. The molecule has 0 aromatic heterocycles. The first-order chi connectivity index (χ1) is 14.0. The minimum absolute atomic E-state index is 0. The standard InChI is InChI=1S/C23H30N4O2.HI/c1-4-25-23(26-14-18-6-8-19(9-7-18)22(24)28)27-11-12-29-21(15-27)20-10-5-16(2)13-17(20)3;/h5-10,13,21H,4,11-12,14-15H2,1-3H3,(H2,24,28)(H,25,26);1H. The van der Waals surface area contributed by atoms with Crippen molar-refractivity contribution in [1.29, 1.82) is 0 Å². The van der Waals surface area contributed by atoms with Crippen molar-refractivity contribution < 1.29 is 9.53 Å². The number of primary amides is 1. The normalized spacial score (nSPS) is 16.7. The Morgan fingerprint density at radius 3 is 2.60 bits per heavy atom. The predicted molar refractivity (Wildman–Crippen MR) is 131 cm³/mol. The molecule has 7 heteroatoms. The van der Waals surface area contributed by atoms with Crippen LogP contribution in [-0.4, -0.2) is 43.0 Å². The number of morpholine rings is 1. The molecule has 0 bridgehead atoms. The number of aliphatic imine (C=N–C) groups is 1. The summed E-state index contributed by atoms with van der Waals surface area (Å²) in [6.07, 6.45) is 0.0306. The molecule has 0 aliphatic carbocycles. The summed E-state index contributed by atoms with van der Waals surface area (Å²) < 4.78 is 6.07. The highest BCUT2D eigenvalue weighted by Gasteiger charge is 2.25. The van der Waals surface area contributed by atoms with E-state index in [0.29, 0.717) is 18.7 Å². The lowest BCUT2D eigenvalue weighted by molar-refractivity contribution is -0.00834. The molecule has 1 amide bonds. The summed E-state index contributed by atoms with van der Waals surface area (Å²) in [4.78, 5) is 18.3. The van der Waals surface area contributed by atoms with Crippen LogP contribution in [-0.2, 0) is 11.3 Å². The van der Waals surface area contributed by atoms with E-state index in [0.717, 1.165) is 31.2 Å². The van der Waals surface area contributed by atoms with Gasteiger partial charge in [-0.15, -0.1) is 24.0 Å². The maximum Gasteiger partial charge on any atom is 0.248 e. The molecule has 0 spiro atoms. The SMILES string of the molecule is CCNC(=NCc1ccc(C(N)=O)cc1)N1CCOC(c2ccc(C)cc2C)C1.I. The number of carbonyl (C=O) groups excluding carboxylic acids is 1. The number of guanidine groups is 1. The fourth-order valence-electron chi connectivity index (χ4n) is 3.58. The van der Waals surface area contributed by atoms with E-state index >= 15 is 0 Å². The third kappa shape index (κ3) is 6.18. The Morgan fingerprint density at radius 1 is 1.23 bits per heavy atom. The number of hydrogen-bond donors (Lipinski definition) is 2. The molecular formula is C23H31IN4O2. The molecule has 1 saturated heterocycles. The van der Waals surface area contributed by atoms with Gasteiger partial charge in [0.2, 0.25) is 5.91 Å². The minimum atomic E-state index is -0.417. The Balaban J connectivity index is 0.00000320. The van der Waals surface area contributed by atoms with E-state index in [1.54, 1.807) is 12.1 Å². The highest BCUT2D eigenvalue weighted by molar-refractivity contribution is 14.0. The van der Waals surface area contributed by atoms with Crippen LogP contribution in [0.25, 0.3) is 0 Å². The number of benzene rings is 2. The van der Waals surface area contributed by atoms with Crippen molar-refractivity contribution in [3.05, 3.63) is 70.3 Å². The molecule has 1 atom stereocenters. The third-order valence-corrected chi connectivity index (χ3v) is 5.12. The molecule has 1 heterocycles. The van der Waals surface area contributed by atoms with Crippen molar-refractivity contribution in [2.24, 2.45) is 10.7 Å². The summed E-state index contributed by atoms with van der Waals surface area (Å²) in [6, 6.07) is 13.8. The second kappa shape index (κ2) is 11.3. The number of ether oxygens (including phenoxy) is 1. The van der Waals surface area contributed by atoms with Crippen LogP contribution in [0.1, 0.15) is 45.6 Å². The van der Waals surface area contributed by atoms with Gasteiger partial charge in [-0.1, -0.05) is 35.9 Å². The molecule has 1 unspecified atom stereocenters. The lowest BCUT2D eigenvalue weighted by Gasteiger charge is -2.36. The topological polar surface area (TPSA) is 79.9 Å². The van der Waals surface area contributed by atoms with Gasteiger partial charge in [-0.05, 0) is 49.6 Å². The maximum absolute atomic E-state index is 11.2. The Kier molecular flexibility index (Phi) is 9.10. The van der Waals surface area contributed by atoms with Crippen LogP contribution in [0.3, 0.4) is 0 Å². The summed E-state index contributed by atoms with van der Waals surface area (Å²) in [5, 5.41) is 3.39. The Hall–Kier alpha value is -2.13. The van der Waals surface area contributed by atoms with Crippen molar-refractivity contribution in [2.45, 2.75) is 33.4 Å². The quantitative estimate of drug-likeness (QED) is 0.358. The zero-order valence-electron chi connectivity index (χ0n) is 17.9. The predicted octanol–water partition coefficient (Wildman–Crippen LogP) is 3.56. The van der Waals surface area contributed by atoms with E-state index in [-0.39, 0.29) is 30.1 Å². The van der Waals surface area contributed by atoms with Crippen LogP contribution < -0.4 is 11.1 Å². The van der Waals surface area contributed by atoms with E-state index in [1.807, 2.05) is 12.1 Å². The van der Waals surface area contributed by atoms with E-state index in [9.17, 15) is 4.79 Å². The number of nitrogens with zero attached hydrogens (tertiary/aromatic N) is 2. The smallest absolute Gasteiger partial charge is 0.248 e. The number of amides is 1. The van der Waals surface area contributed by atoms with Gasteiger partial charge in [-0.3, -0.25) is 4.79 Å². The van der Waals surface area contributed by atoms with Gasteiger partial charge in [-0.2, -0.15) is 0 Å². The number of aryl methyl sites for hydroxylation is 2. The van der Waals surface area contributed by atoms with Crippen LogP contribution in [0.15, 0.2) is 47.5 Å². The molecular weight excluding hydrogens is 491 g/mol. The molecule has 3 rings (SSSR count). The Morgan fingerprint density at radius 2 is 1.97 bits per heavy atom. The highest BCUT2D eigenvalue weighted by Crippen LogP contribution is 2.26. The molecule has 0 saturated carbocycles. The summed E-state index contributed by atoms with van der Waals surface area (Å²) in [7, 11) is 0. The first kappa shape index (κ1) is 24.1. The molecule has 2 aromatic rings. The van der Waals surface area contributed by atoms with Crippen molar-refractivity contribution in [3.8, 4) is 0 Å². The number of nitrogens with one attached hydrogen (secondary N) is 1. The van der Waals surface area contributed by atoms with Gasteiger partial charge in [0.15, 0.2) is 5.96 Å². The van der Waals surface area contributed by atoms with Gasteiger partial charge >= 0.3 is 0 Å². The number of hydrogen-bond acceptors (Lipinski definition) is 3. The van der Waals surface area contributed by atoms with E-state index in [1.165, 1.54) is 16.7 Å². The fourth-order valence-corrected chi connectivity index (χ4v) is 3.58. The zero-order chi connectivity index (χ0) is 20.8. The molecule has 1 fully saturated rings. The zero-order valence-corrected chi connectivity index (χ0v) is 20.2. The van der Waals surface area contributed by atoms with Gasteiger partial charge < -0.3 is 20.7 Å². The molecule has 162 valence electrons. The monoisotopic (exact) mass is 522 g/mol. The maximum atomic E-state index is 11.2. The number of nitrogens with two attached hydrogens (primary N) is 1. The number of carbonyl (C=O) groups is 1. The van der Waals surface area contributed by atoms with Gasteiger partial charge in [-0.25, -0.2) is 4.99 Å². The van der Waals surface area contributed by atoms with Crippen LogP contribution in [0.5, 0.6) is 0 Å². The summed E-state index contributed by atoms with van der Waals surface area (Å²) >= 11 is 0. The van der Waals surface area contributed by atoms with Gasteiger partial charge in [0.05, 0.1) is 19.7 Å². The Labute approximate surface area is 195 Å². The van der Waals surface area contributed by atoms with Crippen LogP contribution in [0.2, 0.25) is 0 Å². The average molecular weight is 522 g/mol. The molecule has 3 N–H and O–H groups in total. The third-order valence-electron chi connectivity index (χ3n) is 5.12. The molecule has 1 aliphatic heterocycles. The van der Waals surface area contributed by atoms with Gasteiger partial charge in [0.1, 0.15) is 6.10 Å². The van der Waals surface area contributed by atoms with E-state index < -0.39 is 5.91 Å². The van der Waals surface area contributed by atoms with Crippen LogP contribution in [0, 0.1) is 13.8 Å². The van der Waals surface area contributed by atoms with Crippen molar-refractivity contribution in [1.82, 2.24) is 10.2 Å². The van der Waals surface area contributed by atoms with Crippen molar-refractivity contribution in [2.75, 3.05) is 26.2 Å². The number of rotatable bonds is 5. The second-order valence-electron chi connectivity index (χ2n) is 7.40. The first-order valence-electron chi connectivity index (χ1n) is 10.1. The lowest BCUT2D eigenvalue weighted by Crippen LogP contribution is -2.48. The molecule has 30 heavy (non-hydrogen) atoms. The van der Waals surface area contributed by atoms with Gasteiger partial charge in [0.25, 0.3) is 0 Å². The number of halogens is 1. The molecule has 2 aromatic carbocycles. The largest absolute Gasteiger partial charge is 0.370 e. The van der Waals surface area contributed by atoms with E-state index in [4.69, 9.17) is 15.5 Å². The Bertz CT molecular complexity index is 883. The average Bonchev–Trinajstić information content (AvgIpc) is 2.71. The summed E-state index contributed by atoms with van der Waals surface area (Å²) in [5.41, 5.74) is 10.6. The first-order valence-corrected chi connectivity index (χ1v) is 10.1. The molecule has 1 aliphatic rings. The summed E-state index contributed by atoms with van der Waals surface area (Å²) in [6.45, 7) is 9.87. The molecule has 0 radical (unpaired) electrons. The van der Waals surface area contributed by atoms with Gasteiger partial charge in [0, 0.05) is 18.7 Å².